The molecule has 2 heterocycles. The quantitative estimate of drug-likeness (QED) is 0.442. The smallest absolute Gasteiger partial charge is 0.423 e. The van der Waals surface area contributed by atoms with Crippen LogP contribution < -0.4 is 20.2 Å². The summed E-state index contributed by atoms with van der Waals surface area (Å²) in [6.07, 6.45) is -4.24. The van der Waals surface area contributed by atoms with E-state index in [-0.39, 0.29) is 29.4 Å². The van der Waals surface area contributed by atoms with Gasteiger partial charge in [-0.3, -0.25) is 10.2 Å². The van der Waals surface area contributed by atoms with Gasteiger partial charge in [0.15, 0.2) is 0 Å². The molecule has 0 radical (unpaired) electrons. The second-order valence-corrected chi connectivity index (χ2v) is 9.92. The number of carbonyl (C=O) groups excluding carboxylic acids is 1. The molecule has 2 fully saturated rings. The monoisotopic (exact) mass is 589 g/mol. The maximum absolute atomic E-state index is 15.0. The van der Waals surface area contributed by atoms with E-state index in [4.69, 9.17) is 9.47 Å². The van der Waals surface area contributed by atoms with E-state index in [1.165, 1.54) is 7.11 Å². The number of amides is 1. The fourth-order valence-corrected chi connectivity index (χ4v) is 4.83. The third-order valence-corrected chi connectivity index (χ3v) is 6.95. The highest BCUT2D eigenvalue weighted by Gasteiger charge is 2.39. The number of hydrazine groups is 1. The van der Waals surface area contributed by atoms with Gasteiger partial charge in [0.25, 0.3) is 5.91 Å². The Balaban J connectivity index is 1.58. The van der Waals surface area contributed by atoms with Crippen molar-refractivity contribution in [3.05, 3.63) is 35.3 Å². The molecule has 0 spiro atoms. The highest BCUT2D eigenvalue weighted by atomic mass is 32.2. The Kier molecular flexibility index (Phi) is 9.05. The van der Waals surface area contributed by atoms with Gasteiger partial charge >= 0.3 is 16.7 Å². The van der Waals surface area contributed by atoms with Crippen molar-refractivity contribution in [2.24, 2.45) is 4.36 Å². The first kappa shape index (κ1) is 29.4. The van der Waals surface area contributed by atoms with E-state index in [1.54, 1.807) is 5.01 Å². The van der Waals surface area contributed by atoms with Crippen molar-refractivity contribution >= 4 is 28.0 Å². The van der Waals surface area contributed by atoms with Crippen molar-refractivity contribution in [1.29, 1.82) is 0 Å². The van der Waals surface area contributed by atoms with E-state index in [1.807, 2.05) is 7.05 Å². The molecule has 4 rings (SSSR count). The Bertz CT molecular complexity index is 1380. The number of nitrogens with one attached hydrogen (secondary N) is 2. The van der Waals surface area contributed by atoms with Crippen LogP contribution in [-0.4, -0.2) is 86.7 Å². The van der Waals surface area contributed by atoms with E-state index in [0.29, 0.717) is 32.1 Å². The van der Waals surface area contributed by atoms with Crippen LogP contribution in [-0.2, 0) is 16.7 Å². The summed E-state index contributed by atoms with van der Waals surface area (Å²) in [5.41, 5.74) is 1.02. The number of ether oxygens (including phenoxy) is 2. The molecule has 1 saturated heterocycles. The second kappa shape index (κ2) is 12.3. The Morgan fingerprint density at radius 1 is 1.18 bits per heavy atom. The van der Waals surface area contributed by atoms with Crippen LogP contribution in [0.5, 0.6) is 11.6 Å². The molecule has 2 N–H and O–H groups in total. The summed E-state index contributed by atoms with van der Waals surface area (Å²) >= 11 is 0. The van der Waals surface area contributed by atoms with E-state index in [0.717, 1.165) is 25.2 Å². The summed E-state index contributed by atoms with van der Waals surface area (Å²) in [4.78, 5) is 22.3. The molecular formula is C23H27F4N7O5S. The van der Waals surface area contributed by atoms with Gasteiger partial charge in [-0.05, 0) is 32.4 Å². The number of benzene rings is 1. The van der Waals surface area contributed by atoms with Crippen LogP contribution in [0.15, 0.2) is 22.7 Å². The normalized spacial score (nSPS) is 20.1. The van der Waals surface area contributed by atoms with Gasteiger partial charge in [0, 0.05) is 38.4 Å². The molecule has 2 aromatic rings. The Labute approximate surface area is 228 Å². The highest BCUT2D eigenvalue weighted by molar-refractivity contribution is 7.61. The summed E-state index contributed by atoms with van der Waals surface area (Å²) < 4.78 is 92.2. The molecular weight excluding hydrogens is 562 g/mol. The van der Waals surface area contributed by atoms with Crippen molar-refractivity contribution in [3.63, 3.8) is 0 Å². The van der Waals surface area contributed by atoms with Crippen molar-refractivity contribution in [1.82, 2.24) is 25.3 Å². The fourth-order valence-electron chi connectivity index (χ4n) is 4.37. The third-order valence-electron chi connectivity index (χ3n) is 6.50. The number of hydrogen-bond acceptors (Lipinski definition) is 11. The maximum atomic E-state index is 15.0. The topological polar surface area (TPSA) is 138 Å². The zero-order chi connectivity index (χ0) is 29.0. The van der Waals surface area contributed by atoms with Gasteiger partial charge < -0.3 is 19.7 Å². The zero-order valence-electron chi connectivity index (χ0n) is 21.5. The number of alkyl halides is 3. The molecule has 12 nitrogen and oxygen atoms in total. The Morgan fingerprint density at radius 3 is 2.55 bits per heavy atom. The average molecular weight is 590 g/mol. The minimum Gasteiger partial charge on any atom is -0.495 e. The number of halogens is 4. The third kappa shape index (κ3) is 7.14. The molecule has 1 aromatic carbocycles. The lowest BCUT2D eigenvalue weighted by molar-refractivity contribution is -0.140. The lowest BCUT2D eigenvalue weighted by atomic mass is 10.1. The largest absolute Gasteiger partial charge is 0.495 e. The summed E-state index contributed by atoms with van der Waals surface area (Å²) in [6.45, 7) is 2.56. The number of methoxy groups -OCH3 is 1. The molecule has 40 heavy (non-hydrogen) atoms. The van der Waals surface area contributed by atoms with Gasteiger partial charge in [-0.1, -0.05) is 0 Å². The Morgan fingerprint density at radius 2 is 1.90 bits per heavy atom. The summed E-state index contributed by atoms with van der Waals surface area (Å²) in [7, 11) is 0.461. The van der Waals surface area contributed by atoms with Crippen LogP contribution >= 0.6 is 0 Å². The lowest BCUT2D eigenvalue weighted by Crippen LogP contribution is -2.52. The second-order valence-electron chi connectivity index (χ2n) is 9.28. The molecule has 2 aliphatic rings. The summed E-state index contributed by atoms with van der Waals surface area (Å²) in [6, 6.07) is 1.23. The number of carbonyl (C=O) groups is 1. The first-order valence-corrected chi connectivity index (χ1v) is 13.3. The first-order valence-electron chi connectivity index (χ1n) is 12.2. The van der Waals surface area contributed by atoms with Gasteiger partial charge in [0.1, 0.15) is 29.3 Å². The van der Waals surface area contributed by atoms with Crippen LogP contribution in [0.3, 0.4) is 0 Å². The van der Waals surface area contributed by atoms with Crippen LogP contribution in [0, 0.1) is 5.82 Å². The fraction of sp³-hybridized carbons (Fsp3) is 0.522. The molecule has 17 heteroatoms. The minimum atomic E-state index is -4.87. The van der Waals surface area contributed by atoms with Crippen molar-refractivity contribution < 1.29 is 40.2 Å². The number of likely N-dealkylation sites (N-methyl/N-ethyl adjacent to an activating group) is 1. The lowest BCUT2D eigenvalue weighted by Gasteiger charge is -2.32. The SMILES string of the molecule is COc1cc(C(=O)NN2CCN(C)CC2)c(F)cc1Nc1ncc(C(F)(F)F)c(O[C@@H]2CCC[C@H]2N=S(=O)=O)n1. The van der Waals surface area contributed by atoms with Crippen LogP contribution in [0.1, 0.15) is 35.2 Å². The van der Waals surface area contributed by atoms with Gasteiger partial charge in [0.05, 0.1) is 18.4 Å². The van der Waals surface area contributed by atoms with Gasteiger partial charge in [-0.2, -0.15) is 30.9 Å². The predicted octanol–water partition coefficient (Wildman–Crippen LogP) is 2.64. The number of hydrogen-bond donors (Lipinski definition) is 2. The van der Waals surface area contributed by atoms with E-state index in [2.05, 4.69) is 30.0 Å². The van der Waals surface area contributed by atoms with Crippen LogP contribution in [0.4, 0.5) is 29.2 Å². The van der Waals surface area contributed by atoms with E-state index in [9.17, 15) is 30.8 Å². The van der Waals surface area contributed by atoms with E-state index < -0.39 is 52.0 Å². The van der Waals surface area contributed by atoms with Gasteiger partial charge in [-0.25, -0.2) is 14.4 Å². The minimum absolute atomic E-state index is 0.00322. The van der Waals surface area contributed by atoms with Crippen LogP contribution in [0.25, 0.3) is 0 Å². The summed E-state index contributed by atoms with van der Waals surface area (Å²) in [5, 5.41) is 4.28. The first-order chi connectivity index (χ1) is 18.9. The average Bonchev–Trinajstić information content (AvgIpc) is 3.30. The molecule has 0 unspecified atom stereocenters. The number of piperazine rings is 1. The summed E-state index contributed by atoms with van der Waals surface area (Å²) in [5.74, 6) is -2.82. The number of aromatic nitrogens is 2. The number of anilines is 2. The Hall–Kier alpha value is -3.57. The standard InChI is InChI=1S/C23H27F4N7O5S/c1-33-6-8-34(9-7-33)31-20(35)13-10-19(38-2)17(11-15(13)24)29-22-28-12-14(23(25,26)27)21(30-22)39-18-5-3-4-16(18)32-40(36)37/h10-12,16,18H,3-9H2,1-2H3,(H,31,35)(H,28,29,30)/t16-,18-/m1/s1. The molecule has 1 aliphatic heterocycles. The molecule has 1 aliphatic carbocycles. The van der Waals surface area contributed by atoms with Crippen molar-refractivity contribution in [3.8, 4) is 11.6 Å². The van der Waals surface area contributed by atoms with Crippen molar-refractivity contribution in [2.45, 2.75) is 37.6 Å². The predicted molar refractivity (Wildman–Crippen MR) is 133 cm³/mol. The van der Waals surface area contributed by atoms with Gasteiger partial charge in [0.2, 0.25) is 11.8 Å². The van der Waals surface area contributed by atoms with E-state index >= 15 is 0 Å². The highest BCUT2D eigenvalue weighted by Crippen LogP contribution is 2.38. The molecule has 1 aromatic heterocycles. The zero-order valence-corrected chi connectivity index (χ0v) is 22.4. The van der Waals surface area contributed by atoms with Gasteiger partial charge in [-0.15, -0.1) is 0 Å². The molecule has 218 valence electrons. The number of nitrogens with zero attached hydrogens (tertiary/aromatic N) is 5. The van der Waals surface area contributed by atoms with Crippen LogP contribution in [0.2, 0.25) is 0 Å². The number of rotatable bonds is 8. The molecule has 1 saturated carbocycles. The van der Waals surface area contributed by atoms with Crippen molar-refractivity contribution in [2.75, 3.05) is 45.7 Å². The molecule has 0 bridgehead atoms. The molecule has 2 atom stereocenters. The maximum Gasteiger partial charge on any atom is 0.423 e. The molecule has 1 amide bonds.